The molecule has 0 saturated heterocycles. The number of hydrogen-bond donors (Lipinski definition) is 1. The van der Waals surface area contributed by atoms with Crippen molar-refractivity contribution in [3.05, 3.63) is 11.3 Å². The van der Waals surface area contributed by atoms with Gasteiger partial charge in [0.2, 0.25) is 0 Å². The van der Waals surface area contributed by atoms with Crippen molar-refractivity contribution in [2.45, 2.75) is 46.1 Å². The molecule has 0 amide bonds. The summed E-state index contributed by atoms with van der Waals surface area (Å²) in [7, 11) is 0. The second kappa shape index (κ2) is 3.74. The van der Waals surface area contributed by atoms with Gasteiger partial charge in [0, 0.05) is 23.7 Å². The summed E-state index contributed by atoms with van der Waals surface area (Å²) in [5.41, 5.74) is 2.09. The van der Waals surface area contributed by atoms with Crippen LogP contribution in [0.15, 0.2) is 11.3 Å². The van der Waals surface area contributed by atoms with E-state index in [1.54, 1.807) is 0 Å². The van der Waals surface area contributed by atoms with Crippen molar-refractivity contribution in [3.63, 3.8) is 0 Å². The average molecular weight is 167 g/mol. The summed E-state index contributed by atoms with van der Waals surface area (Å²) in [6, 6.07) is 0.422. The predicted molar refractivity (Wildman–Crippen MR) is 49.8 cm³/mol. The molecule has 0 aromatic heterocycles. The minimum Gasteiger partial charge on any atom is -0.386 e. The van der Waals surface area contributed by atoms with Crippen molar-refractivity contribution in [3.8, 4) is 0 Å². The van der Waals surface area contributed by atoms with Gasteiger partial charge in [-0.3, -0.25) is 4.79 Å². The fourth-order valence-corrected chi connectivity index (χ4v) is 1.63. The van der Waals surface area contributed by atoms with Crippen molar-refractivity contribution in [1.29, 1.82) is 0 Å². The molecule has 1 aliphatic carbocycles. The number of allylic oxidation sites excluding steroid dienone is 2. The zero-order valence-corrected chi connectivity index (χ0v) is 8.11. The van der Waals surface area contributed by atoms with E-state index >= 15 is 0 Å². The lowest BCUT2D eigenvalue weighted by Gasteiger charge is -2.12. The Morgan fingerprint density at radius 2 is 2.08 bits per heavy atom. The molecule has 0 heterocycles. The number of ketones is 1. The van der Waals surface area contributed by atoms with E-state index < -0.39 is 0 Å². The maximum Gasteiger partial charge on any atom is 0.160 e. The van der Waals surface area contributed by atoms with Crippen molar-refractivity contribution >= 4 is 5.78 Å². The molecular formula is C10H17NO. The normalized spacial score (nSPS) is 21.8. The largest absolute Gasteiger partial charge is 0.386 e. The number of Topliss-reactive ketones (excluding diaryl/α,β-unsaturated/α-hetero) is 1. The van der Waals surface area contributed by atoms with Gasteiger partial charge in [-0.1, -0.05) is 0 Å². The van der Waals surface area contributed by atoms with Crippen LogP contribution in [0.4, 0.5) is 0 Å². The Labute approximate surface area is 74.0 Å². The highest BCUT2D eigenvalue weighted by Gasteiger charge is 2.19. The van der Waals surface area contributed by atoms with Crippen molar-refractivity contribution in [2.75, 3.05) is 0 Å². The molecule has 1 N–H and O–H groups in total. The van der Waals surface area contributed by atoms with Crippen molar-refractivity contribution < 1.29 is 4.79 Å². The van der Waals surface area contributed by atoms with Crippen LogP contribution in [-0.4, -0.2) is 11.8 Å². The van der Waals surface area contributed by atoms with E-state index in [0.29, 0.717) is 11.8 Å². The monoisotopic (exact) mass is 167 g/mol. The minimum absolute atomic E-state index is 0.334. The second-order valence-electron chi connectivity index (χ2n) is 3.68. The average Bonchev–Trinajstić information content (AvgIpc) is 2.33. The van der Waals surface area contributed by atoms with E-state index in [-0.39, 0.29) is 0 Å². The maximum absolute atomic E-state index is 11.3. The van der Waals surface area contributed by atoms with Crippen LogP contribution >= 0.6 is 0 Å². The number of nitrogens with one attached hydrogen (secondary N) is 1. The summed E-state index contributed by atoms with van der Waals surface area (Å²) in [6.07, 6.45) is 2.74. The summed E-state index contributed by atoms with van der Waals surface area (Å²) in [5.74, 6) is 0.334. The number of rotatable bonds is 2. The van der Waals surface area contributed by atoms with Gasteiger partial charge in [0.1, 0.15) is 0 Å². The highest BCUT2D eigenvalue weighted by atomic mass is 16.1. The second-order valence-corrected chi connectivity index (χ2v) is 3.68. The topological polar surface area (TPSA) is 29.1 Å². The molecule has 1 rings (SSSR count). The summed E-state index contributed by atoms with van der Waals surface area (Å²) in [6.45, 7) is 6.17. The molecule has 1 saturated carbocycles. The van der Waals surface area contributed by atoms with Gasteiger partial charge in [0.15, 0.2) is 5.78 Å². The van der Waals surface area contributed by atoms with Crippen molar-refractivity contribution in [1.82, 2.24) is 5.32 Å². The SMILES string of the molecule is C/C(NC(C)C)=C1/CCCC1=O. The van der Waals surface area contributed by atoms with Gasteiger partial charge in [-0.25, -0.2) is 0 Å². The smallest absolute Gasteiger partial charge is 0.160 e. The zero-order valence-electron chi connectivity index (χ0n) is 8.11. The molecule has 0 spiro atoms. The van der Waals surface area contributed by atoms with Crippen LogP contribution in [0.1, 0.15) is 40.0 Å². The van der Waals surface area contributed by atoms with Gasteiger partial charge >= 0.3 is 0 Å². The molecule has 0 radical (unpaired) electrons. The van der Waals surface area contributed by atoms with E-state index in [2.05, 4.69) is 19.2 Å². The van der Waals surface area contributed by atoms with E-state index in [1.165, 1.54) is 0 Å². The Kier molecular flexibility index (Phi) is 2.90. The third-order valence-corrected chi connectivity index (χ3v) is 2.13. The Bertz CT molecular complexity index is 216. The first-order chi connectivity index (χ1) is 5.61. The van der Waals surface area contributed by atoms with Crippen LogP contribution in [0.3, 0.4) is 0 Å². The molecule has 68 valence electrons. The van der Waals surface area contributed by atoms with Crippen LogP contribution < -0.4 is 5.32 Å². The quantitative estimate of drug-likeness (QED) is 0.637. The lowest BCUT2D eigenvalue weighted by atomic mass is 10.1. The summed E-state index contributed by atoms with van der Waals surface area (Å²) < 4.78 is 0. The van der Waals surface area contributed by atoms with Gasteiger partial charge in [0.05, 0.1) is 0 Å². The zero-order chi connectivity index (χ0) is 9.14. The minimum atomic E-state index is 0.334. The van der Waals surface area contributed by atoms with Gasteiger partial charge in [-0.2, -0.15) is 0 Å². The Morgan fingerprint density at radius 1 is 1.42 bits per heavy atom. The summed E-state index contributed by atoms with van der Waals surface area (Å²) in [4.78, 5) is 11.3. The van der Waals surface area contributed by atoms with Gasteiger partial charge in [-0.05, 0) is 33.6 Å². The van der Waals surface area contributed by atoms with Crippen molar-refractivity contribution in [2.24, 2.45) is 0 Å². The molecule has 1 fully saturated rings. The van der Waals surface area contributed by atoms with E-state index in [1.807, 2.05) is 6.92 Å². The lowest BCUT2D eigenvalue weighted by molar-refractivity contribution is -0.114. The first-order valence-corrected chi connectivity index (χ1v) is 4.60. The Hall–Kier alpha value is -0.790. The molecule has 0 atom stereocenters. The highest BCUT2D eigenvalue weighted by Crippen LogP contribution is 2.22. The molecule has 1 aliphatic rings. The molecular weight excluding hydrogens is 150 g/mol. The summed E-state index contributed by atoms with van der Waals surface area (Å²) in [5, 5.41) is 3.27. The number of carbonyl (C=O) groups is 1. The fraction of sp³-hybridized carbons (Fsp3) is 0.700. The molecule has 0 aliphatic heterocycles. The van der Waals surface area contributed by atoms with E-state index in [4.69, 9.17) is 0 Å². The molecule has 0 bridgehead atoms. The first-order valence-electron chi connectivity index (χ1n) is 4.60. The molecule has 12 heavy (non-hydrogen) atoms. The van der Waals surface area contributed by atoms with E-state index in [0.717, 1.165) is 30.5 Å². The lowest BCUT2D eigenvalue weighted by Crippen LogP contribution is -2.22. The number of hydrogen-bond acceptors (Lipinski definition) is 2. The third kappa shape index (κ3) is 2.10. The predicted octanol–water partition coefficient (Wildman–Crippen LogP) is 2.01. The van der Waals surface area contributed by atoms with Crippen LogP contribution in [0.5, 0.6) is 0 Å². The van der Waals surface area contributed by atoms with Crippen LogP contribution in [-0.2, 0) is 4.79 Å². The molecule has 2 heteroatoms. The highest BCUT2D eigenvalue weighted by molar-refractivity contribution is 5.97. The molecule has 2 nitrogen and oxygen atoms in total. The van der Waals surface area contributed by atoms with Crippen LogP contribution in [0.25, 0.3) is 0 Å². The molecule has 0 aromatic carbocycles. The Balaban J connectivity index is 2.68. The first kappa shape index (κ1) is 9.30. The van der Waals surface area contributed by atoms with Gasteiger partial charge in [0.25, 0.3) is 0 Å². The maximum atomic E-state index is 11.3. The summed E-state index contributed by atoms with van der Waals surface area (Å²) >= 11 is 0. The molecule has 0 aromatic rings. The van der Waals surface area contributed by atoms with Crippen LogP contribution in [0.2, 0.25) is 0 Å². The fourth-order valence-electron chi connectivity index (χ4n) is 1.63. The molecule has 0 unspecified atom stereocenters. The standard InChI is InChI=1S/C10H17NO/c1-7(2)11-8(3)9-5-4-6-10(9)12/h7,11H,4-6H2,1-3H3/b9-8+. The Morgan fingerprint density at radius 3 is 2.50 bits per heavy atom. The van der Waals surface area contributed by atoms with Gasteiger partial charge < -0.3 is 5.32 Å². The van der Waals surface area contributed by atoms with Crippen LogP contribution in [0, 0.1) is 0 Å². The number of carbonyl (C=O) groups excluding carboxylic acids is 1. The van der Waals surface area contributed by atoms with Gasteiger partial charge in [-0.15, -0.1) is 0 Å². The third-order valence-electron chi connectivity index (χ3n) is 2.13. The van der Waals surface area contributed by atoms with E-state index in [9.17, 15) is 4.79 Å².